The first-order valence-corrected chi connectivity index (χ1v) is 14.7. The van der Waals surface area contributed by atoms with Gasteiger partial charge < -0.3 is 28.4 Å². The summed E-state index contributed by atoms with van der Waals surface area (Å²) in [5, 5.41) is 12.7. The molecule has 0 bridgehead atoms. The lowest BCUT2D eigenvalue weighted by Crippen LogP contribution is -2.64. The van der Waals surface area contributed by atoms with Crippen LogP contribution in [0.3, 0.4) is 0 Å². The Hall–Kier alpha value is -3.67. The molecule has 10 nitrogen and oxygen atoms in total. The molecule has 3 aromatic carbocycles. The van der Waals surface area contributed by atoms with Crippen molar-refractivity contribution < 1.29 is 38.1 Å². The van der Waals surface area contributed by atoms with Gasteiger partial charge in [0.15, 0.2) is 12.2 Å². The van der Waals surface area contributed by atoms with Crippen LogP contribution in [-0.2, 0) is 53.0 Å². The Morgan fingerprint density at radius 2 is 1.30 bits per heavy atom. The molecule has 1 aliphatic heterocycles. The molecule has 3 aromatic rings. The van der Waals surface area contributed by atoms with Crippen LogP contribution in [0.25, 0.3) is 0 Å². The van der Waals surface area contributed by atoms with Crippen LogP contribution in [-0.4, -0.2) is 59.8 Å². The molecular weight excluding hydrogens is 566 g/mol. The number of nitro groups is 1. The molecule has 0 N–H and O–H groups in total. The molecule has 1 aliphatic rings. The van der Waals surface area contributed by atoms with Crippen molar-refractivity contribution in [1.29, 1.82) is 0 Å². The molecule has 236 valence electrons. The van der Waals surface area contributed by atoms with E-state index >= 15 is 0 Å². The number of hydrogen-bond acceptors (Lipinski definition) is 9. The van der Waals surface area contributed by atoms with Gasteiger partial charge in [0.2, 0.25) is 6.29 Å². The van der Waals surface area contributed by atoms with Gasteiger partial charge in [-0.2, -0.15) is 0 Å². The highest BCUT2D eigenvalue weighted by Crippen LogP contribution is 2.31. The Morgan fingerprint density at radius 3 is 1.77 bits per heavy atom. The van der Waals surface area contributed by atoms with Crippen LogP contribution in [0.1, 0.15) is 44.4 Å². The number of ether oxygens (including phenoxy) is 6. The summed E-state index contributed by atoms with van der Waals surface area (Å²) in [7, 11) is 0. The molecule has 10 heteroatoms. The summed E-state index contributed by atoms with van der Waals surface area (Å²) < 4.78 is 36.3. The van der Waals surface area contributed by atoms with E-state index in [-0.39, 0.29) is 19.8 Å². The summed E-state index contributed by atoms with van der Waals surface area (Å²) in [5.41, 5.74) is 1.90. The van der Waals surface area contributed by atoms with E-state index in [1.807, 2.05) is 91.0 Å². The smallest absolute Gasteiger partial charge is 0.335 e. The van der Waals surface area contributed by atoms with Crippen molar-refractivity contribution in [2.24, 2.45) is 0 Å². The van der Waals surface area contributed by atoms with E-state index < -0.39 is 53.2 Å². The van der Waals surface area contributed by atoms with E-state index in [9.17, 15) is 14.9 Å². The monoisotopic (exact) mass is 607 g/mol. The number of benzene rings is 3. The van der Waals surface area contributed by atoms with E-state index in [0.29, 0.717) is 6.61 Å². The number of hydrogen-bond donors (Lipinski definition) is 0. The number of carbonyl (C=O) groups excluding carboxylic acids is 1. The maximum absolute atomic E-state index is 12.8. The molecule has 0 unspecified atom stereocenters. The first kappa shape index (κ1) is 33.2. The third kappa shape index (κ3) is 9.93. The molecular formula is C34H41NO9. The number of carbonyl (C=O) groups is 1. The fourth-order valence-electron chi connectivity index (χ4n) is 4.79. The van der Waals surface area contributed by atoms with Gasteiger partial charge in [-0.05, 0) is 44.4 Å². The molecule has 0 radical (unpaired) electrons. The van der Waals surface area contributed by atoms with Crippen molar-refractivity contribution in [2.75, 3.05) is 6.61 Å². The molecule has 0 aliphatic carbocycles. The second kappa shape index (κ2) is 15.9. The number of rotatable bonds is 14. The second-order valence-electron chi connectivity index (χ2n) is 11.7. The predicted octanol–water partition coefficient (Wildman–Crippen LogP) is 5.49. The summed E-state index contributed by atoms with van der Waals surface area (Å²) in [4.78, 5) is 24.9. The summed E-state index contributed by atoms with van der Waals surface area (Å²) in [6.45, 7) is 7.26. The van der Waals surface area contributed by atoms with Crippen molar-refractivity contribution >= 4 is 5.97 Å². The van der Waals surface area contributed by atoms with Crippen molar-refractivity contribution in [3.05, 3.63) is 118 Å². The van der Waals surface area contributed by atoms with Gasteiger partial charge >= 0.3 is 5.97 Å². The average Bonchev–Trinajstić information content (AvgIpc) is 3.00. The lowest BCUT2D eigenvalue weighted by atomic mass is 9.96. The lowest BCUT2D eigenvalue weighted by molar-refractivity contribution is -0.577. The minimum absolute atomic E-state index is 0.0324. The van der Waals surface area contributed by atoms with Crippen LogP contribution in [0.5, 0.6) is 0 Å². The SMILES string of the molecule is C[C@@H](O[C@@H]1O[C@H](COCc2ccccc2)[C@@H](OCc2ccccc2)[C@H](OCc2ccccc2)[C@H]1[N+](=O)[O-])C(=O)OC(C)(C)C. The molecule has 0 saturated carbocycles. The molecule has 1 saturated heterocycles. The molecule has 0 amide bonds. The normalized spacial score (nSPS) is 22.7. The molecule has 44 heavy (non-hydrogen) atoms. The van der Waals surface area contributed by atoms with E-state index in [2.05, 4.69) is 0 Å². The van der Waals surface area contributed by atoms with Crippen LogP contribution in [0.4, 0.5) is 0 Å². The summed E-state index contributed by atoms with van der Waals surface area (Å²) >= 11 is 0. The minimum Gasteiger partial charge on any atom is -0.458 e. The van der Waals surface area contributed by atoms with Crippen molar-refractivity contribution in [3.8, 4) is 0 Å². The topological polar surface area (TPSA) is 116 Å². The molecule has 4 rings (SSSR count). The summed E-state index contributed by atoms with van der Waals surface area (Å²) in [5.74, 6) is -0.663. The highest BCUT2D eigenvalue weighted by molar-refractivity contribution is 5.74. The zero-order valence-electron chi connectivity index (χ0n) is 25.6. The highest BCUT2D eigenvalue weighted by Gasteiger charge is 2.55. The Labute approximate surface area is 258 Å². The fourth-order valence-corrected chi connectivity index (χ4v) is 4.79. The van der Waals surface area contributed by atoms with Gasteiger partial charge in [0.25, 0.3) is 6.04 Å². The van der Waals surface area contributed by atoms with Gasteiger partial charge in [-0.1, -0.05) is 91.0 Å². The van der Waals surface area contributed by atoms with Crippen LogP contribution < -0.4 is 0 Å². The van der Waals surface area contributed by atoms with Gasteiger partial charge in [0, 0.05) is 4.92 Å². The maximum atomic E-state index is 12.8. The van der Waals surface area contributed by atoms with E-state index in [1.54, 1.807) is 20.8 Å². The van der Waals surface area contributed by atoms with E-state index in [0.717, 1.165) is 16.7 Å². The minimum atomic E-state index is -1.52. The van der Waals surface area contributed by atoms with Crippen LogP contribution in [0, 0.1) is 10.1 Å². The number of nitrogens with zero attached hydrogens (tertiary/aromatic N) is 1. The van der Waals surface area contributed by atoms with Crippen molar-refractivity contribution in [1.82, 2.24) is 0 Å². The van der Waals surface area contributed by atoms with Crippen LogP contribution in [0.2, 0.25) is 0 Å². The first-order chi connectivity index (χ1) is 21.1. The second-order valence-corrected chi connectivity index (χ2v) is 11.7. The standard InChI is InChI=1S/C34H41NO9/c1-24(32(36)44-34(2,3)4)42-33-29(35(37)38)31(41-22-27-18-12-7-13-19-27)30(40-21-26-16-10-6-11-17-26)28(43-33)23-39-20-25-14-8-5-9-15-25/h5-19,24,28-31,33H,20-23H2,1-4H3/t24-,28-,29-,30-,31-,33-/m1/s1. The largest absolute Gasteiger partial charge is 0.458 e. The van der Waals surface area contributed by atoms with Crippen LogP contribution >= 0.6 is 0 Å². The summed E-state index contributed by atoms with van der Waals surface area (Å²) in [6.07, 6.45) is -5.43. The molecule has 1 heterocycles. The quantitative estimate of drug-likeness (QED) is 0.133. The Bertz CT molecular complexity index is 1300. The Balaban J connectivity index is 1.62. The molecule has 0 spiro atoms. The first-order valence-electron chi connectivity index (χ1n) is 14.7. The fraction of sp³-hybridized carbons (Fsp3) is 0.441. The zero-order chi connectivity index (χ0) is 31.5. The maximum Gasteiger partial charge on any atom is 0.335 e. The predicted molar refractivity (Wildman–Crippen MR) is 162 cm³/mol. The van der Waals surface area contributed by atoms with Gasteiger partial charge in [-0.15, -0.1) is 0 Å². The molecule has 6 atom stereocenters. The van der Waals surface area contributed by atoms with E-state index in [4.69, 9.17) is 28.4 Å². The van der Waals surface area contributed by atoms with Gasteiger partial charge in [0.1, 0.15) is 17.8 Å². The third-order valence-corrected chi connectivity index (χ3v) is 6.90. The Kier molecular flexibility index (Phi) is 12.0. The zero-order valence-corrected chi connectivity index (χ0v) is 25.6. The van der Waals surface area contributed by atoms with Gasteiger partial charge in [-0.25, -0.2) is 4.79 Å². The Morgan fingerprint density at radius 1 is 0.818 bits per heavy atom. The molecule has 0 aromatic heterocycles. The highest BCUT2D eigenvalue weighted by atomic mass is 16.7. The lowest BCUT2D eigenvalue weighted by Gasteiger charge is -2.42. The van der Waals surface area contributed by atoms with Gasteiger partial charge in [-0.3, -0.25) is 10.1 Å². The van der Waals surface area contributed by atoms with Crippen molar-refractivity contribution in [2.45, 2.75) is 89.9 Å². The average molecular weight is 608 g/mol. The summed E-state index contributed by atoms with van der Waals surface area (Å²) in [6, 6.07) is 27.0. The molecule has 1 fully saturated rings. The van der Waals surface area contributed by atoms with Crippen molar-refractivity contribution in [3.63, 3.8) is 0 Å². The number of esters is 1. The van der Waals surface area contributed by atoms with Crippen LogP contribution in [0.15, 0.2) is 91.0 Å². The van der Waals surface area contributed by atoms with E-state index in [1.165, 1.54) is 6.92 Å². The third-order valence-electron chi connectivity index (χ3n) is 6.90. The van der Waals surface area contributed by atoms with Gasteiger partial charge in [0.05, 0.1) is 26.4 Å².